The molecular weight excluding hydrogens is 415 g/mol. The molecule has 0 unspecified atom stereocenters. The number of hydrogen-bond acceptors (Lipinski definition) is 2. The second-order valence-corrected chi connectivity index (χ2v) is 9.38. The van der Waals surface area contributed by atoms with Gasteiger partial charge in [0.05, 0.1) is 13.2 Å². The van der Waals surface area contributed by atoms with E-state index in [9.17, 15) is 22.0 Å². The molecule has 0 heterocycles. The van der Waals surface area contributed by atoms with Gasteiger partial charge in [-0.1, -0.05) is 55.0 Å². The molecule has 0 saturated carbocycles. The fourth-order valence-electron chi connectivity index (χ4n) is 2.03. The predicted molar refractivity (Wildman–Crippen MR) is 114 cm³/mol. The molecule has 0 radical (unpaired) electrons. The van der Waals surface area contributed by atoms with Gasteiger partial charge in [-0.15, -0.1) is 0 Å². The maximum Gasteiger partial charge on any atom is 0.203 e. The van der Waals surface area contributed by atoms with Crippen LogP contribution in [0.3, 0.4) is 0 Å². The van der Waals surface area contributed by atoms with Crippen molar-refractivity contribution >= 4 is 0 Å². The lowest BCUT2D eigenvalue weighted by atomic mass is 9.99. The Morgan fingerprint density at radius 3 is 1.52 bits per heavy atom. The van der Waals surface area contributed by atoms with Crippen molar-refractivity contribution in [2.24, 2.45) is 10.8 Å². The van der Waals surface area contributed by atoms with E-state index in [0.717, 1.165) is 6.07 Å². The fraction of sp³-hybridized carbons (Fsp3) is 0.500. The highest BCUT2D eigenvalue weighted by atomic mass is 19.2. The lowest BCUT2D eigenvalue weighted by Gasteiger charge is -2.19. The number of ether oxygens (including phenoxy) is 2. The molecule has 2 rings (SSSR count). The van der Waals surface area contributed by atoms with Crippen LogP contribution in [0.2, 0.25) is 0 Å². The molecule has 0 aliphatic rings. The minimum absolute atomic E-state index is 0. The Morgan fingerprint density at radius 2 is 1.10 bits per heavy atom. The summed E-state index contributed by atoms with van der Waals surface area (Å²) >= 11 is 0. The molecule has 176 valence electrons. The van der Waals surface area contributed by atoms with Gasteiger partial charge in [-0.2, -0.15) is 4.39 Å². The van der Waals surface area contributed by atoms with E-state index >= 15 is 0 Å². The third kappa shape index (κ3) is 9.57. The van der Waals surface area contributed by atoms with Crippen molar-refractivity contribution in [3.8, 4) is 11.5 Å². The molecule has 0 fully saturated rings. The van der Waals surface area contributed by atoms with Crippen LogP contribution in [0.25, 0.3) is 0 Å². The van der Waals surface area contributed by atoms with E-state index in [4.69, 9.17) is 9.47 Å². The minimum Gasteiger partial charge on any atom is -0.487 e. The highest BCUT2D eigenvalue weighted by molar-refractivity contribution is 5.33. The van der Waals surface area contributed by atoms with Gasteiger partial charge in [-0.05, 0) is 41.5 Å². The average Bonchev–Trinajstić information content (AvgIpc) is 2.58. The Labute approximate surface area is 182 Å². The molecule has 2 aromatic rings. The Hall–Kier alpha value is -2.31. The number of aryl methyl sites for hydroxylation is 1. The monoisotopic (exact) mass is 448 g/mol. The maximum atomic E-state index is 13.5. The number of rotatable bonds is 4. The normalized spacial score (nSPS) is 11.2. The van der Waals surface area contributed by atoms with Crippen LogP contribution in [-0.4, -0.2) is 13.2 Å². The molecule has 2 aromatic carbocycles. The van der Waals surface area contributed by atoms with Crippen LogP contribution < -0.4 is 9.47 Å². The van der Waals surface area contributed by atoms with E-state index in [2.05, 4.69) is 0 Å². The van der Waals surface area contributed by atoms with Crippen molar-refractivity contribution in [3.05, 3.63) is 58.9 Å². The van der Waals surface area contributed by atoms with Gasteiger partial charge in [0.2, 0.25) is 5.82 Å². The molecule has 7 heteroatoms. The first kappa shape index (κ1) is 28.7. The van der Waals surface area contributed by atoms with Crippen LogP contribution in [0, 0.1) is 46.8 Å². The molecular formula is C24H33F5O2. The van der Waals surface area contributed by atoms with Gasteiger partial charge in [0.1, 0.15) is 0 Å². The molecule has 0 spiro atoms. The Balaban J connectivity index is 0.000000567. The first-order valence-corrected chi connectivity index (χ1v) is 9.46. The SMILES string of the molecule is C.CC(C)(C)COc1c(F)cccc1F.Cc1cc(F)c(F)c(OCC(C)(C)C)c1F. The van der Waals surface area contributed by atoms with E-state index < -0.39 is 34.8 Å². The van der Waals surface area contributed by atoms with Gasteiger partial charge in [-0.25, -0.2) is 17.6 Å². The molecule has 2 nitrogen and oxygen atoms in total. The quantitative estimate of drug-likeness (QED) is 0.350. The van der Waals surface area contributed by atoms with Gasteiger partial charge in [-0.3, -0.25) is 0 Å². The van der Waals surface area contributed by atoms with Crippen molar-refractivity contribution in [3.63, 3.8) is 0 Å². The molecule has 0 aromatic heterocycles. The lowest BCUT2D eigenvalue weighted by molar-refractivity contribution is 0.181. The number of benzene rings is 2. The first-order valence-electron chi connectivity index (χ1n) is 9.46. The first-order chi connectivity index (χ1) is 13.6. The average molecular weight is 449 g/mol. The Kier molecular flexibility index (Phi) is 10.5. The number of para-hydroxylation sites is 1. The molecule has 31 heavy (non-hydrogen) atoms. The van der Waals surface area contributed by atoms with Gasteiger partial charge in [0.15, 0.2) is 34.8 Å². The van der Waals surface area contributed by atoms with Crippen LogP contribution in [0.1, 0.15) is 54.5 Å². The highest BCUT2D eigenvalue weighted by Gasteiger charge is 2.21. The van der Waals surface area contributed by atoms with Crippen molar-refractivity contribution in [1.29, 1.82) is 0 Å². The zero-order chi connectivity index (χ0) is 23.3. The smallest absolute Gasteiger partial charge is 0.203 e. The molecule has 0 aliphatic heterocycles. The van der Waals surface area contributed by atoms with Gasteiger partial charge < -0.3 is 9.47 Å². The second-order valence-electron chi connectivity index (χ2n) is 9.38. The maximum absolute atomic E-state index is 13.5. The highest BCUT2D eigenvalue weighted by Crippen LogP contribution is 2.28. The van der Waals surface area contributed by atoms with E-state index in [1.807, 2.05) is 41.5 Å². The summed E-state index contributed by atoms with van der Waals surface area (Å²) in [5.41, 5.74) is -0.337. The van der Waals surface area contributed by atoms with Crippen LogP contribution >= 0.6 is 0 Å². The van der Waals surface area contributed by atoms with Crippen LogP contribution in [0.15, 0.2) is 24.3 Å². The largest absolute Gasteiger partial charge is 0.487 e. The third-order valence-electron chi connectivity index (χ3n) is 3.52. The minimum atomic E-state index is -1.27. The van der Waals surface area contributed by atoms with E-state index in [0.29, 0.717) is 0 Å². The topological polar surface area (TPSA) is 18.5 Å². The van der Waals surface area contributed by atoms with E-state index in [-0.39, 0.29) is 42.8 Å². The van der Waals surface area contributed by atoms with E-state index in [1.54, 1.807) is 0 Å². The molecule has 0 atom stereocenters. The summed E-state index contributed by atoms with van der Waals surface area (Å²) in [5, 5.41) is 0. The molecule has 0 bridgehead atoms. The zero-order valence-electron chi connectivity index (χ0n) is 18.4. The predicted octanol–water partition coefficient (Wildman–Crippen LogP) is 7.86. The zero-order valence-corrected chi connectivity index (χ0v) is 18.4. The summed E-state index contributed by atoms with van der Waals surface area (Å²) in [5.74, 6) is -5.45. The molecule has 0 aliphatic carbocycles. The summed E-state index contributed by atoms with van der Waals surface area (Å²) in [6.45, 7) is 13.1. The Bertz CT molecular complexity index is 806. The van der Waals surface area contributed by atoms with Crippen molar-refractivity contribution < 1.29 is 31.4 Å². The summed E-state index contributed by atoms with van der Waals surface area (Å²) in [7, 11) is 0. The molecule has 0 N–H and O–H groups in total. The van der Waals surface area contributed by atoms with Crippen LogP contribution in [0.5, 0.6) is 11.5 Å². The standard InChI is InChI=1S/C12H15F3O.C11H14F2O.CH4/c1-7-5-8(13)10(15)11(9(7)14)16-6-12(2,3)4;1-11(2,3)7-14-10-8(12)5-4-6-9(10)13;/h5H,6H2,1-4H3;4-6H,7H2,1-3H3;1H4. The van der Waals surface area contributed by atoms with Gasteiger partial charge >= 0.3 is 0 Å². The van der Waals surface area contributed by atoms with Gasteiger partial charge in [0, 0.05) is 0 Å². The second kappa shape index (κ2) is 11.3. The molecule has 0 amide bonds. The number of halogens is 5. The van der Waals surface area contributed by atoms with Crippen LogP contribution in [0.4, 0.5) is 22.0 Å². The third-order valence-corrected chi connectivity index (χ3v) is 3.52. The van der Waals surface area contributed by atoms with Crippen LogP contribution in [-0.2, 0) is 0 Å². The molecule has 0 saturated heterocycles. The summed E-state index contributed by atoms with van der Waals surface area (Å²) in [4.78, 5) is 0. The summed E-state index contributed by atoms with van der Waals surface area (Å²) in [6, 6.07) is 4.49. The summed E-state index contributed by atoms with van der Waals surface area (Å²) < 4.78 is 76.0. The number of hydrogen-bond donors (Lipinski definition) is 0. The summed E-state index contributed by atoms with van der Waals surface area (Å²) in [6.07, 6.45) is 0. The lowest BCUT2D eigenvalue weighted by Crippen LogP contribution is -2.18. The fourth-order valence-corrected chi connectivity index (χ4v) is 2.03. The van der Waals surface area contributed by atoms with Gasteiger partial charge in [0.25, 0.3) is 0 Å². The van der Waals surface area contributed by atoms with E-state index in [1.165, 1.54) is 25.1 Å². The Morgan fingerprint density at radius 1 is 0.677 bits per heavy atom. The van der Waals surface area contributed by atoms with Crippen molar-refractivity contribution in [1.82, 2.24) is 0 Å². The van der Waals surface area contributed by atoms with Crippen molar-refractivity contribution in [2.45, 2.75) is 55.9 Å². The van der Waals surface area contributed by atoms with Crippen molar-refractivity contribution in [2.75, 3.05) is 13.2 Å².